The Morgan fingerprint density at radius 1 is 1.10 bits per heavy atom. The molecule has 2 aliphatic rings. The first kappa shape index (κ1) is 15.5. The zero-order valence-electron chi connectivity index (χ0n) is 12.2. The van der Waals surface area contributed by atoms with E-state index < -0.39 is 10.2 Å². The monoisotopic (exact) mass is 304 g/mol. The van der Waals surface area contributed by atoms with E-state index in [9.17, 15) is 13.2 Å². The van der Waals surface area contributed by atoms with Gasteiger partial charge in [0.2, 0.25) is 0 Å². The van der Waals surface area contributed by atoms with Crippen LogP contribution in [0.2, 0.25) is 0 Å². The third-order valence-electron chi connectivity index (χ3n) is 4.00. The number of carbonyl (C=O) groups excluding carboxylic acids is 1. The first-order chi connectivity index (χ1) is 9.41. The first-order valence-electron chi connectivity index (χ1n) is 7.14. The zero-order chi connectivity index (χ0) is 14.8. The molecule has 20 heavy (non-hydrogen) atoms. The van der Waals surface area contributed by atoms with Gasteiger partial charge in [-0.15, -0.1) is 0 Å². The van der Waals surface area contributed by atoms with Gasteiger partial charge in [-0.1, -0.05) is 12.8 Å². The van der Waals surface area contributed by atoms with Crippen LogP contribution in [0.5, 0.6) is 0 Å². The molecule has 1 aliphatic heterocycles. The van der Waals surface area contributed by atoms with E-state index in [1.54, 1.807) is 4.90 Å². The van der Waals surface area contributed by atoms with E-state index >= 15 is 0 Å². The quantitative estimate of drug-likeness (QED) is 0.801. The van der Waals surface area contributed by atoms with Gasteiger partial charge >= 0.3 is 6.03 Å². The van der Waals surface area contributed by atoms with Crippen LogP contribution >= 0.6 is 0 Å². The second-order valence-electron chi connectivity index (χ2n) is 5.61. The van der Waals surface area contributed by atoms with Crippen molar-refractivity contribution in [2.45, 2.75) is 31.7 Å². The lowest BCUT2D eigenvalue weighted by Crippen LogP contribution is -2.55. The molecule has 1 heterocycles. The molecule has 0 spiro atoms. The SMILES string of the molecule is CN(C)S(=O)(=O)N1CCN(C(=O)NC2CCCC2)CC1. The molecule has 0 aromatic heterocycles. The van der Waals surface area contributed by atoms with Gasteiger partial charge in [-0.25, -0.2) is 4.79 Å². The Balaban J connectivity index is 1.83. The van der Waals surface area contributed by atoms with Crippen molar-refractivity contribution in [3.63, 3.8) is 0 Å². The summed E-state index contributed by atoms with van der Waals surface area (Å²) in [7, 11) is -0.319. The van der Waals surface area contributed by atoms with Gasteiger partial charge in [0.05, 0.1) is 0 Å². The van der Waals surface area contributed by atoms with E-state index in [-0.39, 0.29) is 6.03 Å². The molecule has 8 heteroatoms. The number of amides is 2. The maximum Gasteiger partial charge on any atom is 0.317 e. The average Bonchev–Trinajstić information content (AvgIpc) is 2.91. The number of hydrogen-bond donors (Lipinski definition) is 1. The highest BCUT2D eigenvalue weighted by Crippen LogP contribution is 2.18. The van der Waals surface area contributed by atoms with Crippen LogP contribution in [-0.2, 0) is 10.2 Å². The van der Waals surface area contributed by atoms with Crippen LogP contribution in [0.1, 0.15) is 25.7 Å². The number of piperazine rings is 1. The predicted octanol–water partition coefficient (Wildman–Crippen LogP) is 0.0626. The third-order valence-corrected chi connectivity index (χ3v) is 5.94. The Labute approximate surface area is 121 Å². The lowest BCUT2D eigenvalue weighted by atomic mass is 10.2. The molecule has 1 N–H and O–H groups in total. The molecule has 0 unspecified atom stereocenters. The fourth-order valence-corrected chi connectivity index (χ4v) is 3.78. The molecular weight excluding hydrogens is 280 g/mol. The van der Waals surface area contributed by atoms with Crippen molar-refractivity contribution >= 4 is 16.2 Å². The highest BCUT2D eigenvalue weighted by Gasteiger charge is 2.30. The summed E-state index contributed by atoms with van der Waals surface area (Å²) in [5.41, 5.74) is 0. The van der Waals surface area contributed by atoms with E-state index in [1.165, 1.54) is 35.5 Å². The van der Waals surface area contributed by atoms with Crippen molar-refractivity contribution < 1.29 is 13.2 Å². The van der Waals surface area contributed by atoms with Crippen LogP contribution in [0.15, 0.2) is 0 Å². The fraction of sp³-hybridized carbons (Fsp3) is 0.917. The molecule has 0 atom stereocenters. The molecule has 116 valence electrons. The second kappa shape index (κ2) is 6.28. The van der Waals surface area contributed by atoms with E-state index in [4.69, 9.17) is 0 Å². The number of hydrogen-bond acceptors (Lipinski definition) is 3. The van der Waals surface area contributed by atoms with Crippen molar-refractivity contribution in [3.05, 3.63) is 0 Å². The Morgan fingerprint density at radius 3 is 2.15 bits per heavy atom. The number of nitrogens with zero attached hydrogens (tertiary/aromatic N) is 3. The van der Waals surface area contributed by atoms with Gasteiger partial charge in [-0.05, 0) is 12.8 Å². The van der Waals surface area contributed by atoms with Crippen LogP contribution in [-0.4, -0.2) is 74.3 Å². The van der Waals surface area contributed by atoms with Gasteiger partial charge in [-0.2, -0.15) is 17.0 Å². The Bertz CT molecular complexity index is 438. The largest absolute Gasteiger partial charge is 0.335 e. The zero-order valence-corrected chi connectivity index (χ0v) is 13.0. The number of nitrogens with one attached hydrogen (secondary N) is 1. The molecular formula is C12H24N4O3S. The van der Waals surface area contributed by atoms with E-state index in [2.05, 4.69) is 5.32 Å². The molecule has 1 aliphatic carbocycles. The van der Waals surface area contributed by atoms with E-state index in [1.807, 2.05) is 0 Å². The van der Waals surface area contributed by atoms with Crippen molar-refractivity contribution in [1.82, 2.24) is 18.8 Å². The standard InChI is InChI=1S/C12H24N4O3S/c1-14(2)20(18,19)16-9-7-15(8-10-16)12(17)13-11-5-3-4-6-11/h11H,3-10H2,1-2H3,(H,13,17). The summed E-state index contributed by atoms with van der Waals surface area (Å²) in [4.78, 5) is 13.8. The molecule has 7 nitrogen and oxygen atoms in total. The van der Waals surface area contributed by atoms with Gasteiger partial charge in [0.15, 0.2) is 0 Å². The average molecular weight is 304 g/mol. The maximum atomic E-state index is 12.1. The summed E-state index contributed by atoms with van der Waals surface area (Å²) in [6.07, 6.45) is 4.47. The second-order valence-corrected chi connectivity index (χ2v) is 7.75. The van der Waals surface area contributed by atoms with Gasteiger partial charge in [0.25, 0.3) is 10.2 Å². The van der Waals surface area contributed by atoms with Gasteiger partial charge in [0, 0.05) is 46.3 Å². The van der Waals surface area contributed by atoms with Gasteiger partial charge in [-0.3, -0.25) is 0 Å². The first-order valence-corrected chi connectivity index (χ1v) is 8.54. The molecule has 0 bridgehead atoms. The van der Waals surface area contributed by atoms with Crippen molar-refractivity contribution in [2.24, 2.45) is 0 Å². The summed E-state index contributed by atoms with van der Waals surface area (Å²) >= 11 is 0. The molecule has 1 saturated heterocycles. The Hall–Kier alpha value is -0.860. The Kier molecular flexibility index (Phi) is 4.87. The molecule has 0 aromatic rings. The molecule has 2 rings (SSSR count). The summed E-state index contributed by atoms with van der Waals surface area (Å²) < 4.78 is 26.6. The predicted molar refractivity (Wildman–Crippen MR) is 76.5 cm³/mol. The topological polar surface area (TPSA) is 73.0 Å². The highest BCUT2D eigenvalue weighted by molar-refractivity contribution is 7.86. The smallest absolute Gasteiger partial charge is 0.317 e. The van der Waals surface area contributed by atoms with Crippen LogP contribution in [0.4, 0.5) is 4.79 Å². The van der Waals surface area contributed by atoms with Gasteiger partial charge < -0.3 is 10.2 Å². The molecule has 0 aromatic carbocycles. The third kappa shape index (κ3) is 3.42. The maximum absolute atomic E-state index is 12.1. The van der Waals surface area contributed by atoms with Crippen LogP contribution in [0.3, 0.4) is 0 Å². The summed E-state index contributed by atoms with van der Waals surface area (Å²) in [6, 6.07) is 0.241. The normalized spacial score (nSPS) is 22.4. The Morgan fingerprint density at radius 2 is 1.65 bits per heavy atom. The van der Waals surface area contributed by atoms with E-state index in [0.29, 0.717) is 32.2 Å². The van der Waals surface area contributed by atoms with Crippen molar-refractivity contribution in [3.8, 4) is 0 Å². The summed E-state index contributed by atoms with van der Waals surface area (Å²) in [6.45, 7) is 1.62. The minimum absolute atomic E-state index is 0.0567. The lowest BCUT2D eigenvalue weighted by Gasteiger charge is -2.35. The summed E-state index contributed by atoms with van der Waals surface area (Å²) in [5, 5.41) is 3.03. The number of rotatable bonds is 3. The molecule has 2 amide bonds. The highest BCUT2D eigenvalue weighted by atomic mass is 32.2. The van der Waals surface area contributed by atoms with Crippen molar-refractivity contribution in [2.75, 3.05) is 40.3 Å². The van der Waals surface area contributed by atoms with Gasteiger partial charge in [0.1, 0.15) is 0 Å². The minimum Gasteiger partial charge on any atom is -0.335 e. The lowest BCUT2D eigenvalue weighted by molar-refractivity contribution is 0.167. The van der Waals surface area contributed by atoms with Crippen LogP contribution in [0.25, 0.3) is 0 Å². The van der Waals surface area contributed by atoms with Crippen LogP contribution in [0, 0.1) is 0 Å². The van der Waals surface area contributed by atoms with Crippen LogP contribution < -0.4 is 5.32 Å². The van der Waals surface area contributed by atoms with Crippen molar-refractivity contribution in [1.29, 1.82) is 0 Å². The number of carbonyl (C=O) groups is 1. The van der Waals surface area contributed by atoms with E-state index in [0.717, 1.165) is 12.8 Å². The molecule has 2 fully saturated rings. The number of urea groups is 1. The minimum atomic E-state index is -3.36. The molecule has 0 radical (unpaired) electrons. The molecule has 1 saturated carbocycles. The summed E-state index contributed by atoms with van der Waals surface area (Å²) in [5.74, 6) is 0. The fourth-order valence-electron chi connectivity index (χ4n) is 2.69.